The van der Waals surface area contributed by atoms with Crippen molar-refractivity contribution >= 4 is 50.5 Å². The van der Waals surface area contributed by atoms with Crippen LogP contribution < -0.4 is 5.32 Å². The molecule has 0 aliphatic carbocycles. The molecule has 1 aromatic carbocycles. The van der Waals surface area contributed by atoms with Gasteiger partial charge in [0.1, 0.15) is 0 Å². The topological polar surface area (TPSA) is 15.3 Å². The lowest BCUT2D eigenvalue weighted by Crippen LogP contribution is -2.45. The van der Waals surface area contributed by atoms with E-state index in [4.69, 9.17) is 23.2 Å². The molecule has 1 unspecified atom stereocenters. The number of nitrogens with one attached hydrogen (secondary N) is 1. The maximum absolute atomic E-state index is 6.47. The summed E-state index contributed by atoms with van der Waals surface area (Å²) in [5.41, 5.74) is 1.12. The van der Waals surface area contributed by atoms with Crippen molar-refractivity contribution in [2.24, 2.45) is 0 Å². The van der Waals surface area contributed by atoms with Crippen molar-refractivity contribution in [3.05, 3.63) is 54.6 Å². The van der Waals surface area contributed by atoms with E-state index in [1.54, 1.807) is 11.3 Å². The average molecular weight is 406 g/mol. The fourth-order valence-corrected chi connectivity index (χ4v) is 4.76. The summed E-state index contributed by atoms with van der Waals surface area (Å²) in [5.74, 6) is 0. The van der Waals surface area contributed by atoms with E-state index in [-0.39, 0.29) is 6.04 Å². The Hall–Kier alpha value is -0.100. The van der Waals surface area contributed by atoms with Crippen molar-refractivity contribution in [2.75, 3.05) is 26.2 Å². The first-order valence-electron chi connectivity index (χ1n) is 6.80. The van der Waals surface area contributed by atoms with Crippen molar-refractivity contribution in [1.82, 2.24) is 10.2 Å². The Kier molecular flexibility index (Phi) is 5.25. The summed E-state index contributed by atoms with van der Waals surface area (Å²) >= 11 is 17.8. The second-order valence-electron chi connectivity index (χ2n) is 5.00. The minimum absolute atomic E-state index is 0.188. The van der Waals surface area contributed by atoms with Crippen LogP contribution in [0.25, 0.3) is 0 Å². The molecule has 1 aliphatic heterocycles. The van der Waals surface area contributed by atoms with Crippen LogP contribution in [0.5, 0.6) is 0 Å². The second-order valence-corrected chi connectivity index (χ2v) is 8.33. The fraction of sp³-hybridized carbons (Fsp3) is 0.333. The van der Waals surface area contributed by atoms with E-state index < -0.39 is 0 Å². The van der Waals surface area contributed by atoms with Crippen molar-refractivity contribution in [1.29, 1.82) is 0 Å². The van der Waals surface area contributed by atoms with E-state index in [2.05, 4.69) is 38.3 Å². The Morgan fingerprint density at radius 2 is 1.90 bits per heavy atom. The molecule has 1 saturated heterocycles. The fourth-order valence-electron chi connectivity index (χ4n) is 2.67. The molecule has 3 rings (SSSR count). The number of benzene rings is 1. The van der Waals surface area contributed by atoms with Crippen molar-refractivity contribution < 1.29 is 0 Å². The van der Waals surface area contributed by atoms with Gasteiger partial charge in [-0.15, -0.1) is 11.3 Å². The Morgan fingerprint density at radius 1 is 1.14 bits per heavy atom. The lowest BCUT2D eigenvalue weighted by molar-refractivity contribution is 0.201. The third-order valence-electron chi connectivity index (χ3n) is 3.64. The van der Waals surface area contributed by atoms with Crippen LogP contribution in [-0.2, 0) is 0 Å². The summed E-state index contributed by atoms with van der Waals surface area (Å²) in [6.45, 7) is 4.04. The van der Waals surface area contributed by atoms with Gasteiger partial charge in [-0.25, -0.2) is 0 Å². The van der Waals surface area contributed by atoms with Gasteiger partial charge in [-0.1, -0.05) is 29.3 Å². The third kappa shape index (κ3) is 3.63. The monoisotopic (exact) mass is 404 g/mol. The van der Waals surface area contributed by atoms with Crippen molar-refractivity contribution in [3.63, 3.8) is 0 Å². The number of thiophene rings is 1. The lowest BCUT2D eigenvalue weighted by Gasteiger charge is -2.35. The molecular weight excluding hydrogens is 391 g/mol. The van der Waals surface area contributed by atoms with Gasteiger partial charge in [-0.05, 0) is 45.8 Å². The maximum atomic E-state index is 6.47. The van der Waals surface area contributed by atoms with E-state index >= 15 is 0 Å². The van der Waals surface area contributed by atoms with E-state index in [1.807, 2.05) is 18.2 Å². The Bertz CT molecular complexity index is 626. The third-order valence-corrected chi connectivity index (χ3v) is 5.88. The van der Waals surface area contributed by atoms with Crippen molar-refractivity contribution in [2.45, 2.75) is 6.04 Å². The number of nitrogens with zero attached hydrogens (tertiary/aromatic N) is 1. The largest absolute Gasteiger partial charge is 0.314 e. The van der Waals surface area contributed by atoms with Crippen LogP contribution in [0.4, 0.5) is 0 Å². The van der Waals surface area contributed by atoms with Gasteiger partial charge < -0.3 is 5.32 Å². The molecule has 2 heterocycles. The zero-order valence-electron chi connectivity index (χ0n) is 11.3. The summed E-state index contributed by atoms with van der Waals surface area (Å²) < 4.78 is 1.14. The minimum atomic E-state index is 0.188. The van der Waals surface area contributed by atoms with Gasteiger partial charge >= 0.3 is 0 Å². The zero-order valence-corrected chi connectivity index (χ0v) is 15.2. The van der Waals surface area contributed by atoms with Gasteiger partial charge in [0.15, 0.2) is 0 Å². The predicted octanol–water partition coefficient (Wildman–Crippen LogP) is 4.81. The number of halogens is 3. The molecule has 1 atom stereocenters. The molecule has 1 aliphatic rings. The molecule has 0 spiro atoms. The quantitative estimate of drug-likeness (QED) is 0.787. The van der Waals surface area contributed by atoms with E-state index in [0.29, 0.717) is 5.02 Å². The van der Waals surface area contributed by atoms with Gasteiger partial charge in [0.05, 0.1) is 9.83 Å². The average Bonchev–Trinajstić information content (AvgIpc) is 2.89. The summed E-state index contributed by atoms with van der Waals surface area (Å²) in [6, 6.07) is 10.3. The van der Waals surface area contributed by atoms with Gasteiger partial charge in [0, 0.05) is 41.1 Å². The van der Waals surface area contributed by atoms with Gasteiger partial charge in [-0.3, -0.25) is 4.90 Å². The van der Waals surface area contributed by atoms with Crippen LogP contribution in [0.2, 0.25) is 10.0 Å². The van der Waals surface area contributed by atoms with Crippen LogP contribution in [0, 0.1) is 0 Å². The molecule has 6 heteroatoms. The SMILES string of the molecule is Clc1ccc(C(c2ccc(Br)s2)N2CCNCC2)c(Cl)c1. The maximum Gasteiger partial charge on any atom is 0.0711 e. The molecule has 2 aromatic rings. The second kappa shape index (κ2) is 6.99. The van der Waals surface area contributed by atoms with Crippen molar-refractivity contribution in [3.8, 4) is 0 Å². The molecule has 1 aromatic heterocycles. The molecule has 1 N–H and O–H groups in total. The lowest BCUT2D eigenvalue weighted by atomic mass is 10.0. The number of hydrogen-bond acceptors (Lipinski definition) is 3. The first kappa shape index (κ1) is 15.8. The highest BCUT2D eigenvalue weighted by Crippen LogP contribution is 2.39. The summed E-state index contributed by atoms with van der Waals surface area (Å²) in [7, 11) is 0. The van der Waals surface area contributed by atoms with Crippen LogP contribution in [0.15, 0.2) is 34.1 Å². The Balaban J connectivity index is 2.02. The normalized spacial score (nSPS) is 17.9. The molecule has 0 radical (unpaired) electrons. The number of piperazine rings is 1. The molecule has 21 heavy (non-hydrogen) atoms. The smallest absolute Gasteiger partial charge is 0.0711 e. The summed E-state index contributed by atoms with van der Waals surface area (Å²) in [5, 5.41) is 4.81. The molecule has 2 nitrogen and oxygen atoms in total. The summed E-state index contributed by atoms with van der Waals surface area (Å²) in [6.07, 6.45) is 0. The highest BCUT2D eigenvalue weighted by atomic mass is 79.9. The minimum Gasteiger partial charge on any atom is -0.314 e. The molecule has 0 saturated carbocycles. The Labute approximate surface area is 147 Å². The number of rotatable bonds is 3. The Morgan fingerprint density at radius 3 is 2.52 bits per heavy atom. The molecule has 112 valence electrons. The van der Waals surface area contributed by atoms with Gasteiger partial charge in [0.2, 0.25) is 0 Å². The standard InChI is InChI=1S/C15H15BrCl2N2S/c16-14-4-3-13(21-14)15(20-7-5-19-6-8-20)11-2-1-10(17)9-12(11)18/h1-4,9,15,19H,5-8H2. The van der Waals surface area contributed by atoms with Gasteiger partial charge in [0.25, 0.3) is 0 Å². The van der Waals surface area contributed by atoms with Crippen LogP contribution in [0.3, 0.4) is 0 Å². The molecule has 1 fully saturated rings. The first-order chi connectivity index (χ1) is 10.1. The molecule has 0 bridgehead atoms. The highest BCUT2D eigenvalue weighted by molar-refractivity contribution is 9.11. The van der Waals surface area contributed by atoms with Crippen LogP contribution in [-0.4, -0.2) is 31.1 Å². The van der Waals surface area contributed by atoms with E-state index in [9.17, 15) is 0 Å². The first-order valence-corrected chi connectivity index (χ1v) is 9.16. The number of hydrogen-bond donors (Lipinski definition) is 1. The predicted molar refractivity (Wildman–Crippen MR) is 94.8 cm³/mol. The summed E-state index contributed by atoms with van der Waals surface area (Å²) in [4.78, 5) is 3.78. The van der Waals surface area contributed by atoms with Gasteiger partial charge in [-0.2, -0.15) is 0 Å². The van der Waals surface area contributed by atoms with Crippen LogP contribution in [0.1, 0.15) is 16.5 Å². The highest BCUT2D eigenvalue weighted by Gasteiger charge is 2.26. The molecule has 0 amide bonds. The zero-order chi connectivity index (χ0) is 14.8. The molecular formula is C15H15BrCl2N2S. The van der Waals surface area contributed by atoms with Crippen LogP contribution >= 0.6 is 50.5 Å². The van der Waals surface area contributed by atoms with E-state index in [1.165, 1.54) is 4.88 Å². The van der Waals surface area contributed by atoms with E-state index in [0.717, 1.165) is 40.6 Å².